The molecule has 0 aliphatic carbocycles. The SMILES string of the molecule is OCCn1ncc2c(NCC3COc4ccccc4C3)ncnc21. The van der Waals surface area contributed by atoms with Gasteiger partial charge in [0.1, 0.15) is 17.9 Å². The number of ether oxygens (including phenoxy) is 1. The van der Waals surface area contributed by atoms with Crippen LogP contribution in [0.2, 0.25) is 0 Å². The largest absolute Gasteiger partial charge is 0.493 e. The summed E-state index contributed by atoms with van der Waals surface area (Å²) in [6.45, 7) is 1.92. The molecule has 1 aliphatic rings. The van der Waals surface area contributed by atoms with Gasteiger partial charge in [0.15, 0.2) is 5.65 Å². The molecule has 1 unspecified atom stereocenters. The third-order valence-electron chi connectivity index (χ3n) is 4.26. The summed E-state index contributed by atoms with van der Waals surface area (Å²) in [6, 6.07) is 8.17. The Labute approximate surface area is 139 Å². The van der Waals surface area contributed by atoms with Crippen molar-refractivity contribution >= 4 is 16.9 Å². The Morgan fingerprint density at radius 1 is 1.29 bits per heavy atom. The van der Waals surface area contributed by atoms with Crippen LogP contribution in [0.15, 0.2) is 36.8 Å². The molecule has 3 aromatic rings. The molecule has 1 aliphatic heterocycles. The molecule has 4 rings (SSSR count). The van der Waals surface area contributed by atoms with Gasteiger partial charge in [-0.1, -0.05) is 18.2 Å². The van der Waals surface area contributed by atoms with Crippen molar-refractivity contribution in [1.82, 2.24) is 19.7 Å². The van der Waals surface area contributed by atoms with Crippen molar-refractivity contribution in [3.05, 3.63) is 42.4 Å². The highest BCUT2D eigenvalue weighted by molar-refractivity contribution is 5.86. The Morgan fingerprint density at radius 2 is 2.21 bits per heavy atom. The molecule has 0 saturated carbocycles. The molecule has 7 nitrogen and oxygen atoms in total. The molecule has 1 atom stereocenters. The van der Waals surface area contributed by atoms with E-state index in [0.717, 1.165) is 35.6 Å². The van der Waals surface area contributed by atoms with Crippen molar-refractivity contribution in [2.75, 3.05) is 25.1 Å². The number of rotatable bonds is 5. The van der Waals surface area contributed by atoms with Crippen LogP contribution >= 0.6 is 0 Å². The normalized spacial score (nSPS) is 16.6. The summed E-state index contributed by atoms with van der Waals surface area (Å²) in [5, 5.41) is 17.6. The Hall–Kier alpha value is -2.67. The molecule has 7 heteroatoms. The van der Waals surface area contributed by atoms with E-state index >= 15 is 0 Å². The van der Waals surface area contributed by atoms with E-state index in [4.69, 9.17) is 9.84 Å². The minimum atomic E-state index is 0.0301. The average molecular weight is 325 g/mol. The lowest BCUT2D eigenvalue weighted by atomic mass is 9.97. The minimum Gasteiger partial charge on any atom is -0.493 e. The van der Waals surface area contributed by atoms with E-state index in [1.54, 1.807) is 10.9 Å². The molecular formula is C17H19N5O2. The molecule has 0 bridgehead atoms. The summed E-state index contributed by atoms with van der Waals surface area (Å²) in [6.07, 6.45) is 4.24. The molecule has 0 spiro atoms. The Kier molecular flexibility index (Phi) is 4.00. The quantitative estimate of drug-likeness (QED) is 0.739. The molecular weight excluding hydrogens is 306 g/mol. The second-order valence-electron chi connectivity index (χ2n) is 5.92. The number of aliphatic hydroxyl groups excluding tert-OH is 1. The first-order valence-corrected chi connectivity index (χ1v) is 8.07. The topological polar surface area (TPSA) is 85.1 Å². The minimum absolute atomic E-state index is 0.0301. The number of hydrogen-bond acceptors (Lipinski definition) is 6. The first-order valence-electron chi connectivity index (χ1n) is 8.07. The van der Waals surface area contributed by atoms with Crippen molar-refractivity contribution in [2.24, 2.45) is 5.92 Å². The number of fused-ring (bicyclic) bond motifs is 2. The number of hydrogen-bond donors (Lipinski definition) is 2. The maximum atomic E-state index is 9.09. The highest BCUT2D eigenvalue weighted by atomic mass is 16.5. The zero-order valence-corrected chi connectivity index (χ0v) is 13.2. The standard InChI is InChI=1S/C17H19N5O2/c23-6-5-22-17-14(9-21-22)16(19-11-20-17)18-8-12-7-13-3-1-2-4-15(13)24-10-12/h1-4,9,11-12,23H,5-8,10H2,(H,18,19,20). The fourth-order valence-electron chi connectivity index (χ4n) is 3.06. The predicted octanol–water partition coefficient (Wildman–Crippen LogP) is 1.48. The van der Waals surface area contributed by atoms with Crippen LogP contribution in [-0.4, -0.2) is 44.6 Å². The van der Waals surface area contributed by atoms with Crippen LogP contribution in [0.4, 0.5) is 5.82 Å². The van der Waals surface area contributed by atoms with Crippen LogP contribution in [0.25, 0.3) is 11.0 Å². The number of anilines is 1. The first-order chi connectivity index (χ1) is 11.8. The fourth-order valence-corrected chi connectivity index (χ4v) is 3.06. The lowest BCUT2D eigenvalue weighted by Crippen LogP contribution is -2.27. The van der Waals surface area contributed by atoms with Crippen LogP contribution in [0.3, 0.4) is 0 Å². The van der Waals surface area contributed by atoms with Crippen molar-refractivity contribution in [2.45, 2.75) is 13.0 Å². The smallest absolute Gasteiger partial charge is 0.163 e. The van der Waals surface area contributed by atoms with E-state index in [2.05, 4.69) is 26.4 Å². The van der Waals surface area contributed by atoms with E-state index in [9.17, 15) is 0 Å². The van der Waals surface area contributed by atoms with Gasteiger partial charge in [0.25, 0.3) is 0 Å². The number of aromatic nitrogens is 4. The number of nitrogens with zero attached hydrogens (tertiary/aromatic N) is 4. The second kappa shape index (κ2) is 6.45. The summed E-state index contributed by atoms with van der Waals surface area (Å²) >= 11 is 0. The lowest BCUT2D eigenvalue weighted by molar-refractivity contribution is 0.229. The molecule has 1 aromatic carbocycles. The Balaban J connectivity index is 1.48. The van der Waals surface area contributed by atoms with Gasteiger partial charge in [0, 0.05) is 12.5 Å². The van der Waals surface area contributed by atoms with Crippen LogP contribution in [0.1, 0.15) is 5.56 Å². The zero-order valence-electron chi connectivity index (χ0n) is 13.2. The van der Waals surface area contributed by atoms with Crippen LogP contribution < -0.4 is 10.1 Å². The molecule has 124 valence electrons. The highest BCUT2D eigenvalue weighted by Gasteiger charge is 2.20. The molecule has 2 aromatic heterocycles. The third kappa shape index (κ3) is 2.78. The van der Waals surface area contributed by atoms with E-state index in [0.29, 0.717) is 19.1 Å². The first kappa shape index (κ1) is 14.9. The van der Waals surface area contributed by atoms with Gasteiger partial charge in [0.05, 0.1) is 31.3 Å². The summed E-state index contributed by atoms with van der Waals surface area (Å²) in [5.74, 6) is 2.14. The number of nitrogens with one attached hydrogen (secondary N) is 1. The second-order valence-corrected chi connectivity index (χ2v) is 5.92. The Morgan fingerprint density at radius 3 is 3.12 bits per heavy atom. The van der Waals surface area contributed by atoms with Crippen LogP contribution in [0.5, 0.6) is 5.75 Å². The average Bonchev–Trinajstić information content (AvgIpc) is 3.04. The van der Waals surface area contributed by atoms with E-state index in [1.165, 1.54) is 11.9 Å². The lowest BCUT2D eigenvalue weighted by Gasteiger charge is -2.25. The van der Waals surface area contributed by atoms with Gasteiger partial charge in [-0.05, 0) is 18.1 Å². The predicted molar refractivity (Wildman–Crippen MR) is 90.0 cm³/mol. The molecule has 24 heavy (non-hydrogen) atoms. The monoisotopic (exact) mass is 325 g/mol. The van der Waals surface area contributed by atoms with Gasteiger partial charge in [0.2, 0.25) is 0 Å². The van der Waals surface area contributed by atoms with Gasteiger partial charge < -0.3 is 15.2 Å². The number of benzene rings is 1. The maximum absolute atomic E-state index is 9.09. The Bertz CT molecular complexity index is 848. The summed E-state index contributed by atoms with van der Waals surface area (Å²) < 4.78 is 7.51. The summed E-state index contributed by atoms with van der Waals surface area (Å²) in [5.41, 5.74) is 1.98. The van der Waals surface area contributed by atoms with Crippen LogP contribution in [0, 0.1) is 5.92 Å². The van der Waals surface area contributed by atoms with Gasteiger partial charge >= 0.3 is 0 Å². The van der Waals surface area contributed by atoms with Gasteiger partial charge in [-0.3, -0.25) is 0 Å². The van der Waals surface area contributed by atoms with Crippen molar-refractivity contribution < 1.29 is 9.84 Å². The highest BCUT2D eigenvalue weighted by Crippen LogP contribution is 2.27. The maximum Gasteiger partial charge on any atom is 0.163 e. The fraction of sp³-hybridized carbons (Fsp3) is 0.353. The van der Waals surface area contributed by atoms with Crippen molar-refractivity contribution in [1.29, 1.82) is 0 Å². The van der Waals surface area contributed by atoms with E-state index in [1.807, 2.05) is 18.2 Å². The zero-order chi connectivity index (χ0) is 16.4. The van der Waals surface area contributed by atoms with Crippen molar-refractivity contribution in [3.63, 3.8) is 0 Å². The van der Waals surface area contributed by atoms with Crippen molar-refractivity contribution in [3.8, 4) is 5.75 Å². The summed E-state index contributed by atoms with van der Waals surface area (Å²) in [4.78, 5) is 8.59. The number of aliphatic hydroxyl groups is 1. The van der Waals surface area contributed by atoms with Gasteiger partial charge in [-0.2, -0.15) is 5.10 Å². The molecule has 0 radical (unpaired) electrons. The molecule has 0 fully saturated rings. The third-order valence-corrected chi connectivity index (χ3v) is 4.26. The molecule has 3 heterocycles. The summed E-state index contributed by atoms with van der Waals surface area (Å²) in [7, 11) is 0. The van der Waals surface area contributed by atoms with Gasteiger partial charge in [-0.25, -0.2) is 14.6 Å². The number of para-hydroxylation sites is 1. The van der Waals surface area contributed by atoms with E-state index < -0.39 is 0 Å². The van der Waals surface area contributed by atoms with E-state index in [-0.39, 0.29) is 6.61 Å². The van der Waals surface area contributed by atoms with Gasteiger partial charge in [-0.15, -0.1) is 0 Å². The molecule has 2 N–H and O–H groups in total. The molecule has 0 amide bonds. The van der Waals surface area contributed by atoms with Crippen LogP contribution in [-0.2, 0) is 13.0 Å². The molecule has 0 saturated heterocycles.